The van der Waals surface area contributed by atoms with Gasteiger partial charge in [0.15, 0.2) is 0 Å². The van der Waals surface area contributed by atoms with Crippen molar-refractivity contribution in [3.63, 3.8) is 0 Å². The minimum atomic E-state index is -1.33. The second-order valence-corrected chi connectivity index (χ2v) is 7.30. The van der Waals surface area contributed by atoms with E-state index in [0.29, 0.717) is 25.2 Å². The first-order valence-electron chi connectivity index (χ1n) is 9.68. The molecule has 1 aromatic carbocycles. The molecule has 154 valence electrons. The summed E-state index contributed by atoms with van der Waals surface area (Å²) in [6.07, 6.45) is 3.07. The van der Waals surface area contributed by atoms with E-state index in [1.54, 1.807) is 22.5 Å². The number of pyridine rings is 1. The lowest BCUT2D eigenvalue weighted by Crippen LogP contribution is -2.56. The van der Waals surface area contributed by atoms with E-state index in [1.165, 1.54) is 6.20 Å². The number of nitrogens with one attached hydrogen (secondary N) is 1. The van der Waals surface area contributed by atoms with Crippen LogP contribution >= 0.6 is 0 Å². The summed E-state index contributed by atoms with van der Waals surface area (Å²) in [5.74, 6) is -2.45. The number of benzene rings is 1. The maximum atomic E-state index is 15.1. The Morgan fingerprint density at radius 2 is 2.10 bits per heavy atom. The number of aromatic nitrogens is 1. The van der Waals surface area contributed by atoms with Gasteiger partial charge in [-0.2, -0.15) is 0 Å². The van der Waals surface area contributed by atoms with Crippen LogP contribution in [0.3, 0.4) is 0 Å². The lowest BCUT2D eigenvalue weighted by molar-refractivity contribution is -0.144. The number of aromatic carboxylic acids is 1. The van der Waals surface area contributed by atoms with Gasteiger partial charge in [0, 0.05) is 37.3 Å². The number of halogens is 1. The number of fused-ring (bicyclic) bond motifs is 1. The van der Waals surface area contributed by atoms with Crippen molar-refractivity contribution in [2.45, 2.75) is 31.8 Å². The maximum Gasteiger partial charge on any atom is 0.341 e. The summed E-state index contributed by atoms with van der Waals surface area (Å²) < 4.78 is 21.9. The zero-order valence-electron chi connectivity index (χ0n) is 16.0. The van der Waals surface area contributed by atoms with E-state index in [9.17, 15) is 19.5 Å². The quantitative estimate of drug-likeness (QED) is 0.730. The van der Waals surface area contributed by atoms with E-state index in [-0.39, 0.29) is 29.3 Å². The fraction of sp³-hybridized carbons (Fsp3) is 0.450. The molecule has 2 aliphatic rings. The van der Waals surface area contributed by atoms with Crippen LogP contribution in [0.2, 0.25) is 0 Å². The van der Waals surface area contributed by atoms with Gasteiger partial charge in [0.2, 0.25) is 5.43 Å². The molecular formula is C20H22FN3O5. The molecule has 1 unspecified atom stereocenters. The number of carboxylic acids is 1. The zero-order chi connectivity index (χ0) is 20.7. The molecule has 29 heavy (non-hydrogen) atoms. The third-order valence-corrected chi connectivity index (χ3v) is 5.38. The number of hydrogen-bond donors (Lipinski definition) is 2. The highest BCUT2D eigenvalue weighted by molar-refractivity contribution is 5.94. The summed E-state index contributed by atoms with van der Waals surface area (Å²) in [5, 5.41) is 12.5. The first kappa shape index (κ1) is 19.4. The van der Waals surface area contributed by atoms with Crippen LogP contribution in [0.5, 0.6) is 0 Å². The smallest absolute Gasteiger partial charge is 0.341 e. The molecule has 4 rings (SSSR count). The molecule has 0 spiro atoms. The first-order valence-corrected chi connectivity index (χ1v) is 9.68. The molecule has 1 saturated carbocycles. The van der Waals surface area contributed by atoms with Crippen LogP contribution < -0.4 is 15.6 Å². The number of ether oxygens (including phenoxy) is 1. The van der Waals surface area contributed by atoms with Gasteiger partial charge in [-0.1, -0.05) is 0 Å². The number of piperazine rings is 1. The third kappa shape index (κ3) is 3.46. The van der Waals surface area contributed by atoms with E-state index < -0.39 is 29.2 Å². The van der Waals surface area contributed by atoms with E-state index in [0.717, 1.165) is 18.9 Å². The highest BCUT2D eigenvalue weighted by Gasteiger charge is 2.33. The minimum absolute atomic E-state index is 0.0286. The monoisotopic (exact) mass is 403 g/mol. The van der Waals surface area contributed by atoms with Crippen molar-refractivity contribution in [3.8, 4) is 0 Å². The van der Waals surface area contributed by atoms with Gasteiger partial charge in [-0.25, -0.2) is 14.0 Å². The second-order valence-electron chi connectivity index (χ2n) is 7.30. The Labute approximate surface area is 165 Å². The van der Waals surface area contributed by atoms with Crippen molar-refractivity contribution in [1.29, 1.82) is 0 Å². The molecule has 1 aliphatic heterocycles. The van der Waals surface area contributed by atoms with Gasteiger partial charge >= 0.3 is 11.9 Å². The van der Waals surface area contributed by atoms with E-state index in [1.807, 2.05) is 0 Å². The Balaban J connectivity index is 1.87. The predicted octanol–water partition coefficient (Wildman–Crippen LogP) is 1.51. The molecule has 1 atom stereocenters. The Kier molecular flexibility index (Phi) is 4.99. The van der Waals surface area contributed by atoms with E-state index >= 15 is 4.39 Å². The van der Waals surface area contributed by atoms with Gasteiger partial charge in [-0.15, -0.1) is 0 Å². The summed E-state index contributed by atoms with van der Waals surface area (Å²) in [7, 11) is 0. The average Bonchev–Trinajstić information content (AvgIpc) is 3.53. The summed E-state index contributed by atoms with van der Waals surface area (Å²) in [6.45, 7) is 3.23. The molecule has 0 radical (unpaired) electrons. The molecule has 2 N–H and O–H groups in total. The number of anilines is 1. The fourth-order valence-electron chi connectivity index (χ4n) is 3.83. The average molecular weight is 403 g/mol. The number of carbonyl (C=O) groups is 2. The van der Waals surface area contributed by atoms with Gasteiger partial charge < -0.3 is 24.6 Å². The zero-order valence-corrected chi connectivity index (χ0v) is 16.0. The van der Waals surface area contributed by atoms with Gasteiger partial charge in [0.05, 0.1) is 17.8 Å². The topological polar surface area (TPSA) is 101 Å². The van der Waals surface area contributed by atoms with Crippen molar-refractivity contribution >= 4 is 28.5 Å². The van der Waals surface area contributed by atoms with Crippen molar-refractivity contribution in [3.05, 3.63) is 39.9 Å². The first-order chi connectivity index (χ1) is 13.9. The summed E-state index contributed by atoms with van der Waals surface area (Å²) in [4.78, 5) is 38.1. The molecule has 2 fully saturated rings. The molecule has 2 aromatic rings. The third-order valence-electron chi connectivity index (χ3n) is 5.38. The Bertz CT molecular complexity index is 1050. The van der Waals surface area contributed by atoms with Crippen molar-refractivity contribution in [2.24, 2.45) is 0 Å². The number of hydrogen-bond acceptors (Lipinski definition) is 6. The standard InChI is InChI=1S/C20H22FN3O5/c1-2-29-20(28)17-9-22-5-6-23(17)16-8-15-12(7-14(16)21)18(25)13(19(26)27)10-24(15)11-3-4-11/h7-8,10-11,17,22H,2-6,9H2,1H3,(H,26,27). The number of rotatable bonds is 5. The highest BCUT2D eigenvalue weighted by Crippen LogP contribution is 2.38. The van der Waals surface area contributed by atoms with Gasteiger partial charge in [-0.05, 0) is 31.9 Å². The van der Waals surface area contributed by atoms with Gasteiger partial charge in [-0.3, -0.25) is 4.79 Å². The Morgan fingerprint density at radius 3 is 2.76 bits per heavy atom. The van der Waals surface area contributed by atoms with E-state index in [2.05, 4.69) is 5.32 Å². The number of carboxylic acid groups (broad SMARTS) is 1. The normalized spacial score (nSPS) is 19.4. The molecule has 1 saturated heterocycles. The van der Waals surface area contributed by atoms with Crippen LogP contribution in [-0.2, 0) is 9.53 Å². The lowest BCUT2D eigenvalue weighted by Gasteiger charge is -2.36. The van der Waals surface area contributed by atoms with Crippen LogP contribution in [0.25, 0.3) is 10.9 Å². The predicted molar refractivity (Wildman–Crippen MR) is 104 cm³/mol. The molecule has 1 aromatic heterocycles. The van der Waals surface area contributed by atoms with Crippen LogP contribution in [-0.4, -0.2) is 53.9 Å². The lowest BCUT2D eigenvalue weighted by atomic mass is 10.1. The molecule has 1 aliphatic carbocycles. The van der Waals surface area contributed by atoms with E-state index in [4.69, 9.17) is 4.74 Å². The minimum Gasteiger partial charge on any atom is -0.477 e. The van der Waals surface area contributed by atoms with Gasteiger partial charge in [0.25, 0.3) is 0 Å². The van der Waals surface area contributed by atoms with Crippen molar-refractivity contribution < 1.29 is 23.8 Å². The highest BCUT2D eigenvalue weighted by atomic mass is 19.1. The molecule has 0 bridgehead atoms. The largest absolute Gasteiger partial charge is 0.477 e. The summed E-state index contributed by atoms with van der Waals surface area (Å²) >= 11 is 0. The van der Waals surface area contributed by atoms with Crippen molar-refractivity contribution in [2.75, 3.05) is 31.1 Å². The maximum absolute atomic E-state index is 15.1. The molecular weight excluding hydrogens is 381 g/mol. The summed E-state index contributed by atoms with van der Waals surface area (Å²) in [6, 6.07) is 2.03. The number of esters is 1. The Morgan fingerprint density at radius 1 is 1.34 bits per heavy atom. The molecule has 2 heterocycles. The van der Waals surface area contributed by atoms with Crippen LogP contribution in [0.15, 0.2) is 23.1 Å². The van der Waals surface area contributed by atoms with Gasteiger partial charge in [0.1, 0.15) is 17.4 Å². The van der Waals surface area contributed by atoms with Crippen molar-refractivity contribution in [1.82, 2.24) is 9.88 Å². The Hall–Kier alpha value is -2.94. The van der Waals surface area contributed by atoms with Crippen LogP contribution in [0.4, 0.5) is 10.1 Å². The molecule has 0 amide bonds. The van der Waals surface area contributed by atoms with Crippen LogP contribution in [0, 0.1) is 5.82 Å². The SMILES string of the molecule is CCOC(=O)C1CNCCN1c1cc2c(cc1F)c(=O)c(C(=O)O)cn2C1CC1. The number of nitrogens with zero attached hydrogens (tertiary/aromatic N) is 2. The molecule has 9 heteroatoms. The second kappa shape index (κ2) is 7.47. The van der Waals surface area contributed by atoms with Crippen LogP contribution in [0.1, 0.15) is 36.2 Å². The molecule has 8 nitrogen and oxygen atoms in total. The summed E-state index contributed by atoms with van der Waals surface area (Å²) in [5.41, 5.74) is -0.408. The fourth-order valence-corrected chi connectivity index (χ4v) is 3.83. The number of carbonyl (C=O) groups excluding carboxylic acids is 1.